The Balaban J connectivity index is 1.97. The zero-order valence-electron chi connectivity index (χ0n) is 12.8. The Morgan fingerprint density at radius 2 is 1.96 bits per heavy atom. The first kappa shape index (κ1) is 17.6. The zero-order chi connectivity index (χ0) is 16.9. The smallest absolute Gasteiger partial charge is 0.307 e. The van der Waals surface area contributed by atoms with Gasteiger partial charge < -0.3 is 10.1 Å². The van der Waals surface area contributed by atoms with Gasteiger partial charge in [-0.2, -0.15) is 0 Å². The third-order valence-corrected chi connectivity index (χ3v) is 5.63. The highest BCUT2D eigenvalue weighted by Crippen LogP contribution is 2.17. The highest BCUT2D eigenvalue weighted by molar-refractivity contribution is 7.92. The van der Waals surface area contributed by atoms with Crippen LogP contribution in [0.2, 0.25) is 0 Å². The first-order valence-electron chi connectivity index (χ1n) is 7.39. The molecule has 1 saturated heterocycles. The first-order chi connectivity index (χ1) is 11.0. The Labute approximate surface area is 135 Å². The van der Waals surface area contributed by atoms with Crippen molar-refractivity contribution in [1.29, 1.82) is 0 Å². The molecular formula is C15H20N2O5S. The summed E-state index contributed by atoms with van der Waals surface area (Å²) in [4.78, 5) is 22.2. The summed E-state index contributed by atoms with van der Waals surface area (Å²) in [5.41, 5.74) is 0.424. The summed E-state index contributed by atoms with van der Waals surface area (Å²) in [6.07, 6.45) is 0.860. The summed E-state index contributed by atoms with van der Waals surface area (Å²) < 4.78 is 29.9. The van der Waals surface area contributed by atoms with E-state index in [1.54, 1.807) is 6.92 Å². The lowest BCUT2D eigenvalue weighted by Crippen LogP contribution is -2.57. The zero-order valence-corrected chi connectivity index (χ0v) is 13.6. The highest BCUT2D eigenvalue weighted by Gasteiger charge is 2.32. The van der Waals surface area contributed by atoms with Crippen molar-refractivity contribution in [2.45, 2.75) is 29.7 Å². The number of nitrogens with one attached hydrogen (secondary N) is 2. The fourth-order valence-electron chi connectivity index (χ4n) is 2.38. The predicted molar refractivity (Wildman–Crippen MR) is 83.8 cm³/mol. The van der Waals surface area contributed by atoms with Gasteiger partial charge in [0.1, 0.15) is 11.7 Å². The monoisotopic (exact) mass is 340 g/mol. The van der Waals surface area contributed by atoms with Gasteiger partial charge in [0.2, 0.25) is 0 Å². The highest BCUT2D eigenvalue weighted by atomic mass is 32.2. The molecule has 2 atom stereocenters. The van der Waals surface area contributed by atoms with Gasteiger partial charge in [-0.05, 0) is 19.1 Å². The van der Waals surface area contributed by atoms with Crippen LogP contribution in [0.25, 0.3) is 0 Å². The normalized spacial score (nSPS) is 21.6. The van der Waals surface area contributed by atoms with Crippen molar-refractivity contribution >= 4 is 22.1 Å². The van der Waals surface area contributed by atoms with Crippen molar-refractivity contribution in [3.8, 4) is 0 Å². The summed E-state index contributed by atoms with van der Waals surface area (Å²) in [5, 5.41) is 5.24. The van der Waals surface area contributed by atoms with E-state index in [1.807, 2.05) is 0 Å². The van der Waals surface area contributed by atoms with Crippen molar-refractivity contribution in [2.75, 3.05) is 19.7 Å². The molecule has 1 fully saturated rings. The second-order valence-corrected chi connectivity index (χ2v) is 7.37. The van der Waals surface area contributed by atoms with Gasteiger partial charge in [-0.3, -0.25) is 14.9 Å². The maximum Gasteiger partial charge on any atom is 0.307 e. The third-order valence-electron chi connectivity index (χ3n) is 3.62. The van der Waals surface area contributed by atoms with Crippen molar-refractivity contribution in [1.82, 2.24) is 10.6 Å². The van der Waals surface area contributed by atoms with E-state index in [0.717, 1.165) is 0 Å². The Morgan fingerprint density at radius 1 is 1.26 bits per heavy atom. The third kappa shape index (κ3) is 4.37. The molecule has 1 aliphatic rings. The summed E-state index contributed by atoms with van der Waals surface area (Å²) in [6, 6.07) is 5.63. The predicted octanol–water partition coefficient (Wildman–Crippen LogP) is 0.114. The lowest BCUT2D eigenvalue weighted by molar-refractivity contribution is -0.143. The molecule has 0 radical (unpaired) electrons. The van der Waals surface area contributed by atoms with Gasteiger partial charge in [-0.1, -0.05) is 12.1 Å². The van der Waals surface area contributed by atoms with Gasteiger partial charge in [0.05, 0.1) is 17.9 Å². The maximum absolute atomic E-state index is 12.5. The number of esters is 1. The molecule has 7 nitrogen and oxygen atoms in total. The topological polar surface area (TPSA) is 102 Å². The molecule has 1 aliphatic heterocycles. The second-order valence-electron chi connectivity index (χ2n) is 5.24. The van der Waals surface area contributed by atoms with Crippen LogP contribution >= 0.6 is 0 Å². The summed E-state index contributed by atoms with van der Waals surface area (Å²) in [6.45, 7) is 2.62. The molecule has 126 valence electrons. The van der Waals surface area contributed by atoms with E-state index in [-0.39, 0.29) is 29.9 Å². The average molecular weight is 340 g/mol. The van der Waals surface area contributed by atoms with Gasteiger partial charge in [0.15, 0.2) is 9.84 Å². The molecule has 1 heterocycles. The summed E-state index contributed by atoms with van der Waals surface area (Å²) in [5.74, 6) is -0.308. The van der Waals surface area contributed by atoms with Crippen LogP contribution in [-0.2, 0) is 19.4 Å². The molecule has 1 aromatic carbocycles. The van der Waals surface area contributed by atoms with Crippen LogP contribution in [0.1, 0.15) is 23.7 Å². The van der Waals surface area contributed by atoms with E-state index in [9.17, 15) is 18.0 Å². The molecule has 0 aliphatic carbocycles. The number of rotatable bonds is 6. The van der Waals surface area contributed by atoms with E-state index < -0.39 is 15.2 Å². The van der Waals surface area contributed by atoms with Crippen LogP contribution in [0.4, 0.5) is 0 Å². The molecule has 0 aromatic heterocycles. The molecule has 2 N–H and O–H groups in total. The van der Waals surface area contributed by atoms with E-state index in [1.165, 1.54) is 24.3 Å². The molecule has 0 amide bonds. The lowest BCUT2D eigenvalue weighted by atomic mass is 10.2. The van der Waals surface area contributed by atoms with E-state index >= 15 is 0 Å². The molecule has 8 heteroatoms. The number of piperazine rings is 1. The Hall–Kier alpha value is -1.77. The largest absolute Gasteiger partial charge is 0.466 e. The van der Waals surface area contributed by atoms with Crippen LogP contribution in [0.5, 0.6) is 0 Å². The second kappa shape index (κ2) is 7.67. The van der Waals surface area contributed by atoms with Crippen LogP contribution in [-0.4, -0.2) is 51.8 Å². The number of carbonyl (C=O) groups is 2. The quantitative estimate of drug-likeness (QED) is 0.560. The minimum absolute atomic E-state index is 0.155. The van der Waals surface area contributed by atoms with Gasteiger partial charge >= 0.3 is 5.97 Å². The van der Waals surface area contributed by atoms with Crippen molar-refractivity contribution in [2.24, 2.45) is 0 Å². The van der Waals surface area contributed by atoms with Crippen molar-refractivity contribution < 1.29 is 22.7 Å². The maximum atomic E-state index is 12.5. The fraction of sp³-hybridized carbons (Fsp3) is 0.467. The number of sulfone groups is 1. The summed E-state index contributed by atoms with van der Waals surface area (Å²) in [7, 11) is -3.55. The molecule has 2 rings (SSSR count). The van der Waals surface area contributed by atoms with Crippen LogP contribution < -0.4 is 10.6 Å². The van der Waals surface area contributed by atoms with Crippen LogP contribution in [0.15, 0.2) is 29.2 Å². The fourth-order valence-corrected chi connectivity index (χ4v) is 3.85. The van der Waals surface area contributed by atoms with Gasteiger partial charge in [0, 0.05) is 24.7 Å². The van der Waals surface area contributed by atoms with Gasteiger partial charge in [-0.15, -0.1) is 0 Å². The minimum atomic E-state index is -3.55. The standard InChI is InChI=1S/C15H20N2O5S/c1-2-22-15(19)7-12-8-17-14(9-16-12)23(20,21)13-5-3-11(10-18)4-6-13/h3-6,10,12,14,16-17H,2,7-9H2,1H3. The van der Waals surface area contributed by atoms with Crippen LogP contribution in [0, 0.1) is 0 Å². The Bertz CT molecular complexity index is 649. The molecule has 2 unspecified atom stereocenters. The number of carbonyl (C=O) groups excluding carboxylic acids is 2. The molecular weight excluding hydrogens is 320 g/mol. The van der Waals surface area contributed by atoms with Crippen molar-refractivity contribution in [3.05, 3.63) is 29.8 Å². The first-order valence-corrected chi connectivity index (χ1v) is 8.93. The van der Waals surface area contributed by atoms with E-state index in [0.29, 0.717) is 25.0 Å². The Kier molecular flexibility index (Phi) is 5.86. The lowest BCUT2D eigenvalue weighted by Gasteiger charge is -2.30. The van der Waals surface area contributed by atoms with Crippen molar-refractivity contribution in [3.63, 3.8) is 0 Å². The summed E-state index contributed by atoms with van der Waals surface area (Å²) >= 11 is 0. The Morgan fingerprint density at radius 3 is 2.48 bits per heavy atom. The van der Waals surface area contributed by atoms with E-state index in [2.05, 4.69) is 10.6 Å². The number of benzene rings is 1. The molecule has 0 spiro atoms. The average Bonchev–Trinajstić information content (AvgIpc) is 2.55. The van der Waals surface area contributed by atoms with Gasteiger partial charge in [-0.25, -0.2) is 8.42 Å². The molecule has 1 aromatic rings. The molecule has 0 saturated carbocycles. The number of aldehydes is 1. The van der Waals surface area contributed by atoms with E-state index in [4.69, 9.17) is 4.74 Å². The van der Waals surface area contributed by atoms with Crippen LogP contribution in [0.3, 0.4) is 0 Å². The minimum Gasteiger partial charge on any atom is -0.466 e. The SMILES string of the molecule is CCOC(=O)CC1CNC(S(=O)(=O)c2ccc(C=O)cc2)CN1. The molecule has 23 heavy (non-hydrogen) atoms. The molecule has 0 bridgehead atoms. The number of ether oxygens (including phenoxy) is 1. The number of hydrogen-bond donors (Lipinski definition) is 2. The van der Waals surface area contributed by atoms with Gasteiger partial charge in [0.25, 0.3) is 0 Å². The number of hydrogen-bond acceptors (Lipinski definition) is 7.